The van der Waals surface area contributed by atoms with Crippen LogP contribution in [-0.2, 0) is 20.6 Å². The number of benzene rings is 3. The van der Waals surface area contributed by atoms with Gasteiger partial charge in [0.2, 0.25) is 5.96 Å². The van der Waals surface area contributed by atoms with Gasteiger partial charge in [0.15, 0.2) is 0 Å². The first-order valence-electron chi connectivity index (χ1n) is 11.5. The number of aliphatic imine (C=N–C) groups is 2. The standard InChI is InChI=1S/C22H26N8O6S2/c1-27(23)20-15-6-2-4-8-17(15)21(18-9-5-3-7-16(18)20)28(14-19-24-10-12-29(19)37(31,32)33)26-22-25-11-13-30(22)38(34,35)36/h2-9H,10-14,23H2,1H3,(H,25,26)(H,31,32,33)(H,34,35,36). The molecule has 0 atom stereocenters. The van der Waals surface area contributed by atoms with Gasteiger partial charge in [-0.3, -0.25) is 24.5 Å². The second-order valence-corrected chi connectivity index (χ2v) is 11.4. The predicted molar refractivity (Wildman–Crippen MR) is 146 cm³/mol. The molecule has 0 fully saturated rings. The van der Waals surface area contributed by atoms with E-state index in [0.29, 0.717) is 20.8 Å². The highest BCUT2D eigenvalue weighted by atomic mass is 32.2. The highest BCUT2D eigenvalue weighted by Crippen LogP contribution is 2.42. The van der Waals surface area contributed by atoms with Crippen molar-refractivity contribution in [1.82, 2.24) is 14.0 Å². The number of anilines is 2. The summed E-state index contributed by atoms with van der Waals surface area (Å²) in [5, 5.41) is 5.99. The van der Waals surface area contributed by atoms with Crippen molar-refractivity contribution in [2.45, 2.75) is 0 Å². The fourth-order valence-electron chi connectivity index (χ4n) is 4.79. The Balaban J connectivity index is 1.74. The average Bonchev–Trinajstić information content (AvgIpc) is 3.51. The largest absolute Gasteiger partial charge is 0.362 e. The third-order valence-electron chi connectivity index (χ3n) is 6.27. The third-order valence-corrected chi connectivity index (χ3v) is 8.14. The lowest BCUT2D eigenvalue weighted by Crippen LogP contribution is -2.53. The molecule has 0 aliphatic carbocycles. The van der Waals surface area contributed by atoms with Crippen LogP contribution in [0.15, 0.2) is 58.5 Å². The molecule has 0 radical (unpaired) electrons. The van der Waals surface area contributed by atoms with Crippen LogP contribution < -0.4 is 21.3 Å². The minimum absolute atomic E-state index is 0.0326. The summed E-state index contributed by atoms with van der Waals surface area (Å²) < 4.78 is 69.1. The van der Waals surface area contributed by atoms with Gasteiger partial charge in [-0.05, 0) is 0 Å². The number of hydrogen-bond donors (Lipinski definition) is 4. The van der Waals surface area contributed by atoms with Crippen molar-refractivity contribution in [3.8, 4) is 0 Å². The van der Waals surface area contributed by atoms with Gasteiger partial charge in [-0.1, -0.05) is 48.5 Å². The maximum absolute atomic E-state index is 12.0. The molecule has 0 amide bonds. The van der Waals surface area contributed by atoms with Crippen molar-refractivity contribution >= 4 is 65.3 Å². The van der Waals surface area contributed by atoms with E-state index in [-0.39, 0.29) is 44.5 Å². The fourth-order valence-corrected chi connectivity index (χ4v) is 6.12. The first kappa shape index (κ1) is 25.9. The van der Waals surface area contributed by atoms with Crippen molar-refractivity contribution in [2.75, 3.05) is 49.8 Å². The fraction of sp³-hybridized carbons (Fsp3) is 0.273. The number of amidine groups is 1. The summed E-state index contributed by atoms with van der Waals surface area (Å²) in [6.07, 6.45) is 0. The van der Waals surface area contributed by atoms with Crippen molar-refractivity contribution in [1.29, 1.82) is 0 Å². The molecule has 0 bridgehead atoms. The molecule has 2 aliphatic heterocycles. The van der Waals surface area contributed by atoms with Crippen molar-refractivity contribution < 1.29 is 25.9 Å². The Morgan fingerprint density at radius 1 is 0.842 bits per heavy atom. The molecule has 38 heavy (non-hydrogen) atoms. The van der Waals surface area contributed by atoms with Gasteiger partial charge in [-0.2, -0.15) is 16.8 Å². The van der Waals surface area contributed by atoms with Crippen molar-refractivity contribution in [3.63, 3.8) is 0 Å². The van der Waals surface area contributed by atoms with Gasteiger partial charge in [-0.15, -0.1) is 0 Å². The minimum Gasteiger partial charge on any atom is -0.313 e. The Morgan fingerprint density at radius 2 is 1.32 bits per heavy atom. The Kier molecular flexibility index (Phi) is 6.52. The third kappa shape index (κ3) is 4.67. The molecule has 202 valence electrons. The minimum atomic E-state index is -4.63. The second-order valence-electron chi connectivity index (χ2n) is 8.70. The van der Waals surface area contributed by atoms with Crippen LogP contribution in [0.25, 0.3) is 21.5 Å². The molecule has 5 rings (SSSR count). The number of rotatable bonds is 7. The molecule has 16 heteroatoms. The lowest BCUT2D eigenvalue weighted by molar-refractivity contribution is 0.426. The number of guanidine groups is 1. The summed E-state index contributed by atoms with van der Waals surface area (Å²) in [6.45, 7) is -0.0835. The van der Waals surface area contributed by atoms with E-state index in [1.807, 2.05) is 48.5 Å². The van der Waals surface area contributed by atoms with Gasteiger partial charge in [0, 0.05) is 28.6 Å². The Bertz CT molecular complexity index is 1570. The summed E-state index contributed by atoms with van der Waals surface area (Å²) in [6, 6.07) is 14.8. The van der Waals surface area contributed by atoms with E-state index < -0.39 is 20.6 Å². The highest BCUT2D eigenvalue weighted by molar-refractivity contribution is 7.84. The first-order chi connectivity index (χ1) is 18.0. The normalized spacial score (nSPS) is 16.2. The Labute approximate surface area is 219 Å². The van der Waals surface area contributed by atoms with Crippen LogP contribution in [0.2, 0.25) is 0 Å². The second kappa shape index (κ2) is 9.55. The molecule has 5 N–H and O–H groups in total. The number of hydrogen-bond acceptors (Lipinski definition) is 10. The van der Waals surface area contributed by atoms with E-state index in [4.69, 9.17) is 5.84 Å². The average molecular weight is 563 g/mol. The Hall–Kier alpha value is -3.70. The van der Waals surface area contributed by atoms with Gasteiger partial charge < -0.3 is 5.01 Å². The monoisotopic (exact) mass is 562 g/mol. The van der Waals surface area contributed by atoms with Crippen LogP contribution >= 0.6 is 0 Å². The summed E-state index contributed by atoms with van der Waals surface area (Å²) >= 11 is 0. The van der Waals surface area contributed by atoms with Crippen LogP contribution in [0, 0.1) is 0 Å². The van der Waals surface area contributed by atoms with Crippen LogP contribution in [0.1, 0.15) is 0 Å². The lowest BCUT2D eigenvalue weighted by atomic mass is 9.97. The molecule has 0 spiro atoms. The number of fused-ring (bicyclic) bond motifs is 2. The number of hydrazine groups is 2. The van der Waals surface area contributed by atoms with Gasteiger partial charge in [0.05, 0.1) is 44.1 Å². The summed E-state index contributed by atoms with van der Waals surface area (Å²) in [5.74, 6) is 6.11. The van der Waals surface area contributed by atoms with Gasteiger partial charge in [-0.25, -0.2) is 19.4 Å². The summed E-state index contributed by atoms with van der Waals surface area (Å²) in [4.78, 5) is 8.47. The topological polar surface area (TPSA) is 184 Å². The van der Waals surface area contributed by atoms with Crippen LogP contribution in [0.3, 0.4) is 0 Å². The maximum Gasteiger partial charge on any atom is 0.362 e. The van der Waals surface area contributed by atoms with E-state index in [1.165, 1.54) is 10.0 Å². The molecule has 2 aliphatic rings. The quantitative estimate of drug-likeness (QED) is 0.105. The van der Waals surface area contributed by atoms with Crippen LogP contribution in [0.4, 0.5) is 11.4 Å². The van der Waals surface area contributed by atoms with Gasteiger partial charge in [0.1, 0.15) is 5.84 Å². The highest BCUT2D eigenvalue weighted by Gasteiger charge is 2.33. The van der Waals surface area contributed by atoms with Gasteiger partial charge >= 0.3 is 20.6 Å². The zero-order chi connectivity index (χ0) is 27.2. The molecular weight excluding hydrogens is 536 g/mol. The number of nitrogens with zero attached hydrogens (tertiary/aromatic N) is 6. The van der Waals surface area contributed by atoms with E-state index in [9.17, 15) is 25.9 Å². The summed E-state index contributed by atoms with van der Waals surface area (Å²) in [5.41, 5.74) is 4.26. The predicted octanol–water partition coefficient (Wildman–Crippen LogP) is 0.605. The lowest BCUT2D eigenvalue weighted by Gasteiger charge is -2.32. The van der Waals surface area contributed by atoms with E-state index in [1.54, 1.807) is 7.05 Å². The Morgan fingerprint density at radius 3 is 1.82 bits per heavy atom. The van der Waals surface area contributed by atoms with Crippen molar-refractivity contribution in [2.24, 2.45) is 15.8 Å². The zero-order valence-electron chi connectivity index (χ0n) is 20.3. The van der Waals surface area contributed by atoms with Crippen LogP contribution in [-0.4, -0.2) is 86.1 Å². The molecule has 0 saturated heterocycles. The smallest absolute Gasteiger partial charge is 0.313 e. The molecule has 0 unspecified atom stereocenters. The summed E-state index contributed by atoms with van der Waals surface area (Å²) in [7, 11) is -7.50. The van der Waals surface area contributed by atoms with Crippen LogP contribution in [0.5, 0.6) is 0 Å². The first-order valence-corrected chi connectivity index (χ1v) is 14.3. The molecular formula is C22H26N8O6S2. The van der Waals surface area contributed by atoms with E-state index >= 15 is 0 Å². The molecule has 3 aromatic carbocycles. The molecule has 14 nitrogen and oxygen atoms in total. The van der Waals surface area contributed by atoms with E-state index in [0.717, 1.165) is 20.8 Å². The van der Waals surface area contributed by atoms with E-state index in [2.05, 4.69) is 15.4 Å². The molecule has 0 saturated carbocycles. The molecule has 3 aromatic rings. The van der Waals surface area contributed by atoms with Gasteiger partial charge in [0.25, 0.3) is 0 Å². The zero-order valence-corrected chi connectivity index (χ0v) is 21.9. The molecule has 2 heterocycles. The maximum atomic E-state index is 12.0. The SMILES string of the molecule is CN(N)c1c2ccccc2c(N(CC2=NCCN2S(=O)(=O)O)NC2=NCCN2S(=O)(=O)O)c2ccccc12. The van der Waals surface area contributed by atoms with Crippen molar-refractivity contribution in [3.05, 3.63) is 48.5 Å². The molecule has 0 aromatic heterocycles. The number of nitrogens with one attached hydrogen (secondary N) is 1. The number of nitrogens with two attached hydrogens (primary N) is 1.